The SMILES string of the molecule is O=C1NC(=S)N(c2ccc(Oc3ccccc3)cc2)C(=O)/C1=C/c1ccnc2ccccc12. The quantitative estimate of drug-likeness (QED) is 0.273. The van der Waals surface area contributed by atoms with Gasteiger partial charge >= 0.3 is 0 Å². The van der Waals surface area contributed by atoms with Gasteiger partial charge < -0.3 is 4.74 Å². The zero-order valence-corrected chi connectivity index (χ0v) is 18.1. The van der Waals surface area contributed by atoms with Crippen molar-refractivity contribution in [1.82, 2.24) is 10.3 Å². The summed E-state index contributed by atoms with van der Waals surface area (Å²) in [6.07, 6.45) is 3.22. The van der Waals surface area contributed by atoms with Gasteiger partial charge in [-0.15, -0.1) is 0 Å². The molecule has 160 valence electrons. The standard InChI is InChI=1S/C26H17N3O3S/c30-24-22(16-17-14-15-27-23-9-5-4-8-21(17)23)25(31)29(26(33)28-24)18-10-12-20(13-11-18)32-19-6-2-1-3-7-19/h1-16H,(H,28,30,33)/b22-16+. The Balaban J connectivity index is 1.46. The average Bonchev–Trinajstić information content (AvgIpc) is 2.83. The lowest BCUT2D eigenvalue weighted by Gasteiger charge is -2.29. The molecule has 4 aromatic rings. The van der Waals surface area contributed by atoms with Gasteiger partial charge in [0.25, 0.3) is 11.8 Å². The Labute approximate surface area is 195 Å². The minimum absolute atomic E-state index is 0.00966. The lowest BCUT2D eigenvalue weighted by atomic mass is 10.0. The molecule has 6 nitrogen and oxygen atoms in total. The minimum Gasteiger partial charge on any atom is -0.457 e. The second-order valence-electron chi connectivity index (χ2n) is 7.28. The van der Waals surface area contributed by atoms with E-state index in [9.17, 15) is 9.59 Å². The van der Waals surface area contributed by atoms with Crippen molar-refractivity contribution < 1.29 is 14.3 Å². The maximum Gasteiger partial charge on any atom is 0.270 e. The third kappa shape index (κ3) is 4.09. The molecule has 1 fully saturated rings. The molecule has 2 amide bonds. The molecule has 1 N–H and O–H groups in total. The van der Waals surface area contributed by atoms with Crippen molar-refractivity contribution in [2.45, 2.75) is 0 Å². The van der Waals surface area contributed by atoms with Crippen LogP contribution in [0.15, 0.2) is 96.7 Å². The van der Waals surface area contributed by atoms with E-state index in [1.54, 1.807) is 42.6 Å². The topological polar surface area (TPSA) is 71.5 Å². The van der Waals surface area contributed by atoms with E-state index in [1.807, 2.05) is 54.6 Å². The normalized spacial score (nSPS) is 15.1. The summed E-state index contributed by atoms with van der Waals surface area (Å²) in [5.74, 6) is 0.285. The number of anilines is 1. The molecule has 2 heterocycles. The fraction of sp³-hybridized carbons (Fsp3) is 0. The third-order valence-corrected chi connectivity index (χ3v) is 5.44. The highest BCUT2D eigenvalue weighted by atomic mass is 32.1. The number of nitrogens with zero attached hydrogens (tertiary/aromatic N) is 2. The van der Waals surface area contributed by atoms with E-state index in [0.29, 0.717) is 17.2 Å². The van der Waals surface area contributed by atoms with E-state index in [4.69, 9.17) is 17.0 Å². The minimum atomic E-state index is -0.536. The van der Waals surface area contributed by atoms with Gasteiger partial charge in [-0.05, 0) is 72.4 Å². The van der Waals surface area contributed by atoms with E-state index in [1.165, 1.54) is 4.90 Å². The molecule has 0 aliphatic carbocycles. The highest BCUT2D eigenvalue weighted by Crippen LogP contribution is 2.27. The highest BCUT2D eigenvalue weighted by Gasteiger charge is 2.34. The second-order valence-corrected chi connectivity index (χ2v) is 7.67. The number of carbonyl (C=O) groups excluding carboxylic acids is 2. The molecule has 0 radical (unpaired) electrons. The van der Waals surface area contributed by atoms with Gasteiger partial charge in [0.05, 0.1) is 11.2 Å². The number of carbonyl (C=O) groups is 2. The van der Waals surface area contributed by atoms with Gasteiger partial charge in [0.1, 0.15) is 17.1 Å². The summed E-state index contributed by atoms with van der Waals surface area (Å²) in [5, 5.41) is 3.48. The molecule has 33 heavy (non-hydrogen) atoms. The first-order chi connectivity index (χ1) is 16.1. The first-order valence-corrected chi connectivity index (χ1v) is 10.6. The van der Waals surface area contributed by atoms with Crippen LogP contribution in [0.4, 0.5) is 5.69 Å². The summed E-state index contributed by atoms with van der Waals surface area (Å²) in [6.45, 7) is 0. The van der Waals surface area contributed by atoms with Crippen LogP contribution >= 0.6 is 12.2 Å². The van der Waals surface area contributed by atoms with Gasteiger partial charge in [-0.2, -0.15) is 0 Å². The van der Waals surface area contributed by atoms with E-state index >= 15 is 0 Å². The summed E-state index contributed by atoms with van der Waals surface area (Å²) in [5.41, 5.74) is 2.01. The van der Waals surface area contributed by atoms with E-state index in [2.05, 4.69) is 10.3 Å². The number of nitrogens with one attached hydrogen (secondary N) is 1. The molecular weight excluding hydrogens is 434 g/mol. The Kier molecular flexibility index (Phi) is 5.38. The van der Waals surface area contributed by atoms with Crippen molar-refractivity contribution in [3.05, 3.63) is 102 Å². The summed E-state index contributed by atoms with van der Waals surface area (Å²) in [4.78, 5) is 31.6. The third-order valence-electron chi connectivity index (χ3n) is 5.16. The lowest BCUT2D eigenvalue weighted by molar-refractivity contribution is -0.122. The highest BCUT2D eigenvalue weighted by molar-refractivity contribution is 7.80. The smallest absolute Gasteiger partial charge is 0.270 e. The number of benzene rings is 3. The molecule has 0 unspecified atom stereocenters. The molecule has 1 saturated heterocycles. The molecule has 1 aromatic heterocycles. The maximum absolute atomic E-state index is 13.3. The van der Waals surface area contributed by atoms with Gasteiger partial charge in [0.2, 0.25) is 0 Å². The molecule has 1 aliphatic heterocycles. The van der Waals surface area contributed by atoms with Crippen molar-refractivity contribution in [1.29, 1.82) is 0 Å². The first-order valence-electron chi connectivity index (χ1n) is 10.2. The molecule has 7 heteroatoms. The number of aromatic nitrogens is 1. The lowest BCUT2D eigenvalue weighted by Crippen LogP contribution is -2.54. The summed E-state index contributed by atoms with van der Waals surface area (Å²) >= 11 is 5.30. The Hall–Kier alpha value is -4.36. The largest absolute Gasteiger partial charge is 0.457 e. The van der Waals surface area contributed by atoms with Gasteiger partial charge in [-0.1, -0.05) is 36.4 Å². The van der Waals surface area contributed by atoms with Gasteiger partial charge in [-0.3, -0.25) is 24.8 Å². The number of para-hydroxylation sites is 2. The van der Waals surface area contributed by atoms with Crippen LogP contribution in [0.2, 0.25) is 0 Å². The van der Waals surface area contributed by atoms with Crippen molar-refractivity contribution in [2.24, 2.45) is 0 Å². The van der Waals surface area contributed by atoms with Gasteiger partial charge in [0.15, 0.2) is 5.11 Å². The molecule has 5 rings (SSSR count). The molecule has 0 saturated carbocycles. The molecule has 1 aliphatic rings. The zero-order valence-electron chi connectivity index (χ0n) is 17.3. The zero-order chi connectivity index (χ0) is 22.8. The Morgan fingerprint density at radius 2 is 1.55 bits per heavy atom. The number of fused-ring (bicyclic) bond motifs is 1. The summed E-state index contributed by atoms with van der Waals surface area (Å²) in [6, 6.07) is 25.6. The van der Waals surface area contributed by atoms with Crippen LogP contribution < -0.4 is 15.0 Å². The van der Waals surface area contributed by atoms with Gasteiger partial charge in [0, 0.05) is 11.6 Å². The van der Waals surface area contributed by atoms with E-state index in [0.717, 1.165) is 16.5 Å². The Morgan fingerprint density at radius 1 is 0.848 bits per heavy atom. The number of hydrogen-bond acceptors (Lipinski definition) is 5. The van der Waals surface area contributed by atoms with Crippen LogP contribution in [-0.2, 0) is 9.59 Å². The predicted molar refractivity (Wildman–Crippen MR) is 131 cm³/mol. The number of rotatable bonds is 4. The summed E-state index contributed by atoms with van der Waals surface area (Å²) < 4.78 is 5.81. The molecule has 0 bridgehead atoms. The average molecular weight is 452 g/mol. The molecule has 0 spiro atoms. The fourth-order valence-corrected chi connectivity index (χ4v) is 3.86. The number of hydrogen-bond donors (Lipinski definition) is 1. The molecule has 3 aromatic carbocycles. The number of amides is 2. The summed E-state index contributed by atoms with van der Waals surface area (Å²) in [7, 11) is 0. The molecular formula is C26H17N3O3S. The predicted octanol–water partition coefficient (Wildman–Crippen LogP) is 4.86. The number of ether oxygens (including phenoxy) is 1. The van der Waals surface area contributed by atoms with Crippen LogP contribution in [0.3, 0.4) is 0 Å². The van der Waals surface area contributed by atoms with Crippen molar-refractivity contribution >= 4 is 51.8 Å². The number of thiocarbonyl (C=S) groups is 1. The van der Waals surface area contributed by atoms with Crippen LogP contribution in [0.25, 0.3) is 17.0 Å². The molecule has 0 atom stereocenters. The van der Waals surface area contributed by atoms with Crippen molar-refractivity contribution in [2.75, 3.05) is 4.90 Å². The van der Waals surface area contributed by atoms with Crippen LogP contribution in [0.5, 0.6) is 11.5 Å². The van der Waals surface area contributed by atoms with E-state index in [-0.39, 0.29) is 10.7 Å². The first kappa shape index (κ1) is 20.5. The van der Waals surface area contributed by atoms with Crippen LogP contribution in [-0.4, -0.2) is 21.9 Å². The fourth-order valence-electron chi connectivity index (χ4n) is 3.58. The second kappa shape index (κ2) is 8.64. The van der Waals surface area contributed by atoms with E-state index < -0.39 is 11.8 Å². The van der Waals surface area contributed by atoms with Crippen LogP contribution in [0, 0.1) is 0 Å². The number of pyridine rings is 1. The monoisotopic (exact) mass is 451 g/mol. The maximum atomic E-state index is 13.3. The Morgan fingerprint density at radius 3 is 2.33 bits per heavy atom. The van der Waals surface area contributed by atoms with Crippen molar-refractivity contribution in [3.63, 3.8) is 0 Å². The van der Waals surface area contributed by atoms with Crippen LogP contribution in [0.1, 0.15) is 5.56 Å². The van der Waals surface area contributed by atoms with Gasteiger partial charge in [-0.25, -0.2) is 0 Å². The Bertz CT molecular complexity index is 1410. The van der Waals surface area contributed by atoms with Crippen molar-refractivity contribution in [3.8, 4) is 11.5 Å².